The Labute approximate surface area is 151 Å². The Morgan fingerprint density at radius 2 is 1.78 bits per heavy atom. The third-order valence-electron chi connectivity index (χ3n) is 3.88. The van der Waals surface area contributed by atoms with Gasteiger partial charge in [0.1, 0.15) is 5.75 Å². The van der Waals surface area contributed by atoms with Gasteiger partial charge in [0, 0.05) is 5.02 Å². The van der Waals surface area contributed by atoms with Crippen molar-refractivity contribution in [2.75, 3.05) is 7.11 Å². The molecule has 1 nitrogen and oxygen atoms in total. The second-order valence-electron chi connectivity index (χ2n) is 5.31. The van der Waals surface area contributed by atoms with E-state index in [1.165, 1.54) is 0 Å². The van der Waals surface area contributed by atoms with Crippen LogP contribution < -0.4 is 4.74 Å². The van der Waals surface area contributed by atoms with Crippen LogP contribution in [0.25, 0.3) is 16.7 Å². The number of methoxy groups -OCH3 is 1. The minimum atomic E-state index is 0.612. The maximum Gasteiger partial charge on any atom is 0.119 e. The van der Waals surface area contributed by atoms with Crippen LogP contribution in [0.15, 0.2) is 58.6 Å². The van der Waals surface area contributed by atoms with Crippen LogP contribution in [0, 0.1) is 0 Å². The first-order valence-corrected chi connectivity index (χ1v) is 8.42. The smallest absolute Gasteiger partial charge is 0.119 e. The van der Waals surface area contributed by atoms with E-state index in [4.69, 9.17) is 39.5 Å². The van der Waals surface area contributed by atoms with Gasteiger partial charge in [0.25, 0.3) is 0 Å². The van der Waals surface area contributed by atoms with Crippen molar-refractivity contribution in [3.05, 3.63) is 69.2 Å². The Hall–Kier alpha value is -1.41. The minimum Gasteiger partial charge on any atom is -0.497 e. The zero-order valence-electron chi connectivity index (χ0n) is 12.6. The normalized spacial score (nSPS) is 14.7. The second-order valence-corrected chi connectivity index (χ2v) is 6.53. The van der Waals surface area contributed by atoms with Crippen LogP contribution in [0.1, 0.15) is 18.4 Å². The number of allylic oxidation sites excluding steroid dienone is 4. The Morgan fingerprint density at radius 3 is 2.52 bits per heavy atom. The predicted molar refractivity (Wildman–Crippen MR) is 99.4 cm³/mol. The molecule has 0 N–H and O–H groups in total. The third-order valence-corrected chi connectivity index (χ3v) is 4.99. The van der Waals surface area contributed by atoms with E-state index in [1.807, 2.05) is 48.5 Å². The summed E-state index contributed by atoms with van der Waals surface area (Å²) in [5, 5.41) is 1.92. The molecule has 118 valence electrons. The molecule has 2 aromatic rings. The quantitative estimate of drug-likeness (QED) is 0.576. The minimum absolute atomic E-state index is 0.612. The van der Waals surface area contributed by atoms with Gasteiger partial charge in [-0.3, -0.25) is 0 Å². The molecule has 0 spiro atoms. The molecule has 0 unspecified atom stereocenters. The Kier molecular flexibility index (Phi) is 5.01. The summed E-state index contributed by atoms with van der Waals surface area (Å²) in [6.07, 6.45) is 3.69. The van der Waals surface area contributed by atoms with E-state index < -0.39 is 0 Å². The van der Waals surface area contributed by atoms with E-state index in [9.17, 15) is 0 Å². The number of rotatable bonds is 3. The number of benzene rings is 2. The summed E-state index contributed by atoms with van der Waals surface area (Å²) in [7, 11) is 1.66. The first-order valence-electron chi connectivity index (χ1n) is 7.29. The first kappa shape index (κ1) is 16.4. The van der Waals surface area contributed by atoms with E-state index >= 15 is 0 Å². The summed E-state index contributed by atoms with van der Waals surface area (Å²) >= 11 is 18.8. The number of halogens is 3. The molecule has 0 atom stereocenters. The van der Waals surface area contributed by atoms with Gasteiger partial charge in [-0.2, -0.15) is 0 Å². The first-order chi connectivity index (χ1) is 11.1. The highest BCUT2D eigenvalue weighted by Crippen LogP contribution is 2.41. The van der Waals surface area contributed by atoms with E-state index in [1.54, 1.807) is 7.11 Å². The maximum absolute atomic E-state index is 6.45. The zero-order chi connectivity index (χ0) is 16.4. The topological polar surface area (TPSA) is 9.23 Å². The van der Waals surface area contributed by atoms with E-state index in [-0.39, 0.29) is 0 Å². The number of hydrogen-bond acceptors (Lipinski definition) is 1. The van der Waals surface area contributed by atoms with Gasteiger partial charge in [-0.25, -0.2) is 0 Å². The van der Waals surface area contributed by atoms with Crippen LogP contribution in [0.2, 0.25) is 5.02 Å². The lowest BCUT2D eigenvalue weighted by Gasteiger charge is -2.19. The average Bonchev–Trinajstić information content (AvgIpc) is 2.57. The molecule has 0 fully saturated rings. The molecule has 0 bridgehead atoms. The standard InChI is InChI=1S/C19H15Cl3O/c1-23-14-8-9-15(16-6-3-7-18(21)19(16)22)17(11-14)12-4-2-5-13(20)10-12/h2,4-5,7-11H,3,6H2,1H3. The van der Waals surface area contributed by atoms with E-state index in [2.05, 4.69) is 0 Å². The van der Waals surface area contributed by atoms with Gasteiger partial charge in [0.05, 0.1) is 17.2 Å². The number of hydrogen-bond donors (Lipinski definition) is 0. The van der Waals surface area contributed by atoms with Gasteiger partial charge in [-0.05, 0) is 59.4 Å². The van der Waals surface area contributed by atoms with Crippen molar-refractivity contribution in [2.45, 2.75) is 12.8 Å². The van der Waals surface area contributed by atoms with Gasteiger partial charge >= 0.3 is 0 Å². The highest BCUT2D eigenvalue weighted by atomic mass is 35.5. The molecule has 0 aliphatic heterocycles. The summed E-state index contributed by atoms with van der Waals surface area (Å²) in [5.74, 6) is 0.790. The fraction of sp³-hybridized carbons (Fsp3) is 0.158. The largest absolute Gasteiger partial charge is 0.497 e. The predicted octanol–water partition coefficient (Wildman–Crippen LogP) is 6.88. The molecule has 0 amide bonds. The van der Waals surface area contributed by atoms with Crippen molar-refractivity contribution in [1.29, 1.82) is 0 Å². The number of ether oxygens (including phenoxy) is 1. The molecule has 23 heavy (non-hydrogen) atoms. The van der Waals surface area contributed by atoms with E-state index in [0.717, 1.165) is 40.9 Å². The molecular weight excluding hydrogens is 351 g/mol. The van der Waals surface area contributed by atoms with Gasteiger partial charge in [0.15, 0.2) is 0 Å². The lowest BCUT2D eigenvalue weighted by atomic mass is 9.90. The van der Waals surface area contributed by atoms with Crippen molar-refractivity contribution in [2.24, 2.45) is 0 Å². The molecule has 0 aromatic heterocycles. The lowest BCUT2D eigenvalue weighted by Crippen LogP contribution is -1.97. The monoisotopic (exact) mass is 364 g/mol. The van der Waals surface area contributed by atoms with Gasteiger partial charge in [-0.15, -0.1) is 0 Å². The molecule has 1 aliphatic rings. The van der Waals surface area contributed by atoms with Gasteiger partial charge in [-0.1, -0.05) is 59.1 Å². The molecular formula is C19H15Cl3O. The van der Waals surface area contributed by atoms with Crippen molar-refractivity contribution in [1.82, 2.24) is 0 Å². The Balaban J connectivity index is 2.22. The fourth-order valence-electron chi connectivity index (χ4n) is 2.75. The third kappa shape index (κ3) is 3.42. The summed E-state index contributed by atoms with van der Waals surface area (Å²) in [4.78, 5) is 0. The molecule has 4 heteroatoms. The average molecular weight is 366 g/mol. The maximum atomic E-state index is 6.45. The lowest BCUT2D eigenvalue weighted by molar-refractivity contribution is 0.415. The molecule has 2 aromatic carbocycles. The Morgan fingerprint density at radius 1 is 0.957 bits per heavy atom. The second kappa shape index (κ2) is 7.00. The molecule has 3 rings (SSSR count). The molecule has 1 aliphatic carbocycles. The van der Waals surface area contributed by atoms with Crippen LogP contribution in [0.5, 0.6) is 5.75 Å². The molecule has 0 radical (unpaired) electrons. The SMILES string of the molecule is COc1ccc(C2=C(Cl)C(Cl)=CCC2)c(-c2cccc(Cl)c2)c1. The molecule has 0 saturated heterocycles. The summed E-state index contributed by atoms with van der Waals surface area (Å²) < 4.78 is 5.38. The van der Waals surface area contributed by atoms with Crippen molar-refractivity contribution >= 4 is 40.4 Å². The van der Waals surface area contributed by atoms with Crippen LogP contribution in [0.3, 0.4) is 0 Å². The van der Waals surface area contributed by atoms with Crippen LogP contribution in [-0.2, 0) is 0 Å². The van der Waals surface area contributed by atoms with Crippen molar-refractivity contribution in [3.8, 4) is 16.9 Å². The fourth-order valence-corrected chi connectivity index (χ4v) is 3.43. The highest BCUT2D eigenvalue weighted by molar-refractivity contribution is 6.46. The summed E-state index contributed by atoms with van der Waals surface area (Å²) in [5.41, 5.74) is 4.17. The van der Waals surface area contributed by atoms with Crippen molar-refractivity contribution in [3.63, 3.8) is 0 Å². The zero-order valence-corrected chi connectivity index (χ0v) is 14.8. The Bertz CT molecular complexity index is 806. The summed E-state index contributed by atoms with van der Waals surface area (Å²) in [6, 6.07) is 13.7. The van der Waals surface area contributed by atoms with Crippen LogP contribution >= 0.6 is 34.8 Å². The highest BCUT2D eigenvalue weighted by Gasteiger charge is 2.18. The van der Waals surface area contributed by atoms with E-state index in [0.29, 0.717) is 15.1 Å². The molecule has 0 heterocycles. The van der Waals surface area contributed by atoms with Crippen LogP contribution in [0.4, 0.5) is 0 Å². The van der Waals surface area contributed by atoms with Gasteiger partial charge in [0.2, 0.25) is 0 Å². The van der Waals surface area contributed by atoms with Crippen LogP contribution in [-0.4, -0.2) is 7.11 Å². The molecule has 0 saturated carbocycles. The van der Waals surface area contributed by atoms with Crippen molar-refractivity contribution < 1.29 is 4.74 Å². The van der Waals surface area contributed by atoms with Gasteiger partial charge < -0.3 is 4.74 Å². The summed E-state index contributed by atoms with van der Waals surface area (Å²) in [6.45, 7) is 0.